The predicted octanol–water partition coefficient (Wildman–Crippen LogP) is 3.59. The third kappa shape index (κ3) is 3.01. The molecule has 2 N–H and O–H groups in total. The van der Waals surface area contributed by atoms with Crippen LogP contribution in [0.25, 0.3) is 0 Å². The van der Waals surface area contributed by atoms with Crippen LogP contribution in [0, 0.1) is 5.41 Å². The summed E-state index contributed by atoms with van der Waals surface area (Å²) >= 11 is 0. The normalized spacial score (nSPS) is 22.3. The Bertz CT molecular complexity index is 382. The number of likely N-dealkylation sites (tertiary alicyclic amines) is 1. The summed E-state index contributed by atoms with van der Waals surface area (Å²) in [5.74, 6) is 0. The molecule has 0 aliphatic carbocycles. The number of hydrogen-bond donors (Lipinski definition) is 1. The van der Waals surface area contributed by atoms with Crippen LogP contribution in [0.1, 0.15) is 51.6 Å². The van der Waals surface area contributed by atoms with E-state index in [1.807, 2.05) is 0 Å². The maximum atomic E-state index is 6.28. The van der Waals surface area contributed by atoms with E-state index >= 15 is 0 Å². The van der Waals surface area contributed by atoms with Crippen molar-refractivity contribution in [2.75, 3.05) is 13.1 Å². The highest BCUT2D eigenvalue weighted by Crippen LogP contribution is 2.41. The first-order valence-corrected chi connectivity index (χ1v) is 7.66. The Morgan fingerprint density at radius 1 is 1.21 bits per heavy atom. The lowest BCUT2D eigenvalue weighted by Gasteiger charge is -2.33. The van der Waals surface area contributed by atoms with E-state index < -0.39 is 0 Å². The summed E-state index contributed by atoms with van der Waals surface area (Å²) < 4.78 is 0. The first-order valence-electron chi connectivity index (χ1n) is 7.66. The maximum Gasteiger partial charge on any atom is 0.0496 e. The molecule has 2 atom stereocenters. The minimum atomic E-state index is 0.173. The van der Waals surface area contributed by atoms with E-state index in [1.54, 1.807) is 0 Å². The van der Waals surface area contributed by atoms with Gasteiger partial charge in [0.25, 0.3) is 0 Å². The molecule has 0 saturated carbocycles. The Balaban J connectivity index is 2.19. The van der Waals surface area contributed by atoms with Gasteiger partial charge in [-0.1, -0.05) is 44.2 Å². The number of benzene rings is 1. The summed E-state index contributed by atoms with van der Waals surface area (Å²) in [4.78, 5) is 2.60. The van der Waals surface area contributed by atoms with Crippen LogP contribution in [0.15, 0.2) is 30.3 Å². The number of nitrogens with two attached hydrogens (primary N) is 1. The van der Waals surface area contributed by atoms with Gasteiger partial charge >= 0.3 is 0 Å². The molecule has 106 valence electrons. The predicted molar refractivity (Wildman–Crippen MR) is 82.0 cm³/mol. The molecule has 0 radical (unpaired) electrons. The van der Waals surface area contributed by atoms with Gasteiger partial charge in [-0.2, -0.15) is 0 Å². The summed E-state index contributed by atoms with van der Waals surface area (Å²) in [5.41, 5.74) is 8.16. The fraction of sp³-hybridized carbons (Fsp3) is 0.647. The average molecular weight is 260 g/mol. The zero-order valence-electron chi connectivity index (χ0n) is 12.6. The molecule has 2 nitrogen and oxygen atoms in total. The minimum absolute atomic E-state index is 0.173. The monoisotopic (exact) mass is 260 g/mol. The van der Waals surface area contributed by atoms with Crippen molar-refractivity contribution in [3.05, 3.63) is 35.9 Å². The third-order valence-corrected chi connectivity index (χ3v) is 5.00. The van der Waals surface area contributed by atoms with Crippen LogP contribution in [-0.2, 0) is 0 Å². The van der Waals surface area contributed by atoms with Crippen molar-refractivity contribution in [3.8, 4) is 0 Å². The molecular weight excluding hydrogens is 232 g/mol. The highest BCUT2D eigenvalue weighted by molar-refractivity contribution is 5.21. The van der Waals surface area contributed by atoms with Crippen molar-refractivity contribution in [1.82, 2.24) is 4.90 Å². The molecule has 1 aromatic carbocycles. The van der Waals surface area contributed by atoms with E-state index in [-0.39, 0.29) is 6.04 Å². The lowest BCUT2D eigenvalue weighted by Crippen LogP contribution is -2.39. The third-order valence-electron chi connectivity index (χ3n) is 5.00. The molecule has 2 rings (SSSR count). The molecule has 1 heterocycles. The second-order valence-electron chi connectivity index (χ2n) is 6.14. The zero-order chi connectivity index (χ0) is 13.9. The fourth-order valence-corrected chi connectivity index (χ4v) is 3.53. The Morgan fingerprint density at radius 2 is 1.84 bits per heavy atom. The van der Waals surface area contributed by atoms with E-state index in [0.717, 1.165) is 0 Å². The molecular formula is C17H28N2. The average Bonchev–Trinajstić information content (AvgIpc) is 2.85. The smallest absolute Gasteiger partial charge is 0.0496 e. The second-order valence-corrected chi connectivity index (χ2v) is 6.14. The highest BCUT2D eigenvalue weighted by Gasteiger charge is 2.38. The number of hydrogen-bond acceptors (Lipinski definition) is 2. The van der Waals surface area contributed by atoms with E-state index in [2.05, 4.69) is 56.0 Å². The van der Waals surface area contributed by atoms with E-state index in [0.29, 0.717) is 11.5 Å². The molecule has 1 fully saturated rings. The highest BCUT2D eigenvalue weighted by atomic mass is 15.2. The van der Waals surface area contributed by atoms with E-state index in [9.17, 15) is 0 Å². The van der Waals surface area contributed by atoms with Crippen LogP contribution in [0.3, 0.4) is 0 Å². The second kappa shape index (κ2) is 6.06. The largest absolute Gasteiger partial charge is 0.326 e. The summed E-state index contributed by atoms with van der Waals surface area (Å²) in [6, 6.07) is 11.3. The van der Waals surface area contributed by atoms with Gasteiger partial charge in [-0.15, -0.1) is 0 Å². The zero-order valence-corrected chi connectivity index (χ0v) is 12.6. The lowest BCUT2D eigenvalue weighted by atomic mass is 9.82. The number of nitrogens with zero attached hydrogens (tertiary/aromatic N) is 1. The van der Waals surface area contributed by atoms with Crippen LogP contribution in [0.4, 0.5) is 0 Å². The Labute approximate surface area is 118 Å². The molecule has 0 spiro atoms. The fourth-order valence-electron chi connectivity index (χ4n) is 3.53. The Kier molecular flexibility index (Phi) is 4.64. The standard InChI is InChI=1S/C17H28N2/c1-4-17(5-2)11-12-19(13-17)16(14(3)18)15-9-7-6-8-10-15/h6-10,14,16H,4-5,11-13,18H2,1-3H3. The van der Waals surface area contributed by atoms with Crippen molar-refractivity contribution >= 4 is 0 Å². The van der Waals surface area contributed by atoms with Gasteiger partial charge in [0.2, 0.25) is 0 Å². The van der Waals surface area contributed by atoms with Gasteiger partial charge in [-0.25, -0.2) is 0 Å². The first kappa shape index (κ1) is 14.5. The molecule has 19 heavy (non-hydrogen) atoms. The van der Waals surface area contributed by atoms with Crippen LogP contribution in [0.2, 0.25) is 0 Å². The first-order chi connectivity index (χ1) is 9.12. The molecule has 0 amide bonds. The van der Waals surface area contributed by atoms with Crippen molar-refractivity contribution in [2.24, 2.45) is 11.1 Å². The number of rotatable bonds is 5. The van der Waals surface area contributed by atoms with Crippen LogP contribution >= 0.6 is 0 Å². The molecule has 2 unspecified atom stereocenters. The molecule has 1 aromatic rings. The van der Waals surface area contributed by atoms with Crippen molar-refractivity contribution in [1.29, 1.82) is 0 Å². The summed E-state index contributed by atoms with van der Waals surface area (Å²) in [6.07, 6.45) is 3.87. The van der Waals surface area contributed by atoms with Crippen molar-refractivity contribution in [2.45, 2.75) is 52.1 Å². The Hall–Kier alpha value is -0.860. The quantitative estimate of drug-likeness (QED) is 0.876. The van der Waals surface area contributed by atoms with Crippen molar-refractivity contribution in [3.63, 3.8) is 0 Å². The Morgan fingerprint density at radius 3 is 2.32 bits per heavy atom. The summed E-state index contributed by atoms with van der Waals surface area (Å²) in [5, 5.41) is 0. The summed E-state index contributed by atoms with van der Waals surface area (Å²) in [7, 11) is 0. The van der Waals surface area contributed by atoms with Crippen molar-refractivity contribution < 1.29 is 0 Å². The van der Waals surface area contributed by atoms with Gasteiger partial charge < -0.3 is 5.73 Å². The van der Waals surface area contributed by atoms with Gasteiger partial charge in [0.05, 0.1) is 0 Å². The van der Waals surface area contributed by atoms with Gasteiger partial charge in [0.1, 0.15) is 0 Å². The summed E-state index contributed by atoms with van der Waals surface area (Å²) in [6.45, 7) is 9.17. The van der Waals surface area contributed by atoms with E-state index in [1.165, 1.54) is 37.9 Å². The molecule has 1 aliphatic heterocycles. The minimum Gasteiger partial charge on any atom is -0.326 e. The molecule has 1 saturated heterocycles. The van der Waals surface area contributed by atoms with Gasteiger partial charge in [-0.3, -0.25) is 4.90 Å². The van der Waals surface area contributed by atoms with Gasteiger partial charge in [0, 0.05) is 18.6 Å². The molecule has 1 aliphatic rings. The molecule has 2 heteroatoms. The van der Waals surface area contributed by atoms with Crippen LogP contribution < -0.4 is 5.73 Å². The maximum absolute atomic E-state index is 6.28. The molecule has 0 bridgehead atoms. The van der Waals surface area contributed by atoms with Crippen LogP contribution in [0.5, 0.6) is 0 Å². The van der Waals surface area contributed by atoms with E-state index in [4.69, 9.17) is 5.73 Å². The van der Waals surface area contributed by atoms with Gasteiger partial charge in [0.15, 0.2) is 0 Å². The SMILES string of the molecule is CCC1(CC)CCN(C(c2ccccc2)C(C)N)C1. The topological polar surface area (TPSA) is 29.3 Å². The lowest BCUT2D eigenvalue weighted by molar-refractivity contribution is 0.178. The molecule has 0 aromatic heterocycles. The van der Waals surface area contributed by atoms with Gasteiger partial charge in [-0.05, 0) is 43.7 Å². The van der Waals surface area contributed by atoms with Crippen LogP contribution in [-0.4, -0.2) is 24.0 Å².